The number of rotatable bonds is 7. The second-order valence-electron chi connectivity index (χ2n) is 11.5. The predicted octanol–water partition coefficient (Wildman–Crippen LogP) is 5.70. The van der Waals surface area contributed by atoms with Crippen molar-refractivity contribution in [3.63, 3.8) is 0 Å². The Labute approximate surface area is 208 Å². The predicted molar refractivity (Wildman–Crippen MR) is 133 cm³/mol. The molecule has 0 spiro atoms. The van der Waals surface area contributed by atoms with E-state index in [0.717, 1.165) is 44.9 Å². The Balaban J connectivity index is 1.60. The number of ether oxygens (including phenoxy) is 1. The van der Waals surface area contributed by atoms with Crippen LogP contribution in [0, 0.1) is 34.5 Å². The number of fused-ring (bicyclic) bond motifs is 5. The number of hydrogen-bond acceptors (Lipinski definition) is 6. The third-order valence-electron chi connectivity index (χ3n) is 9.75. The Morgan fingerprint density at radius 3 is 2.56 bits per heavy atom. The van der Waals surface area contributed by atoms with Crippen molar-refractivity contribution in [2.24, 2.45) is 34.5 Å². The lowest BCUT2D eigenvalue weighted by Gasteiger charge is -2.60. The maximum atomic E-state index is 13.2. The standard InChI is InChI=1S/C28H40O5S/c1-5-7-24(31)33-16-22(30)19-8-9-20-26-21(11-13-28(19,20)4)27(3)12-10-18(29)14-17(27)15-23(26)34-25(32)6-2/h14,19-21,23,26H,5-13,15-16H2,1-4H3/t19-,20+,21+,23-,26+,27+,28-/m1/s1. The van der Waals surface area contributed by atoms with Gasteiger partial charge < -0.3 is 4.74 Å². The lowest BCUT2D eigenvalue weighted by Crippen LogP contribution is -2.55. The highest BCUT2D eigenvalue weighted by molar-refractivity contribution is 8.14. The lowest BCUT2D eigenvalue weighted by atomic mass is 9.46. The molecule has 4 aliphatic rings. The minimum Gasteiger partial charge on any atom is -0.458 e. The molecule has 4 aliphatic carbocycles. The zero-order chi connectivity index (χ0) is 24.7. The summed E-state index contributed by atoms with van der Waals surface area (Å²) in [5, 5.41) is 0.388. The molecule has 4 rings (SSSR count). The molecular weight excluding hydrogens is 448 g/mol. The van der Waals surface area contributed by atoms with Crippen LogP contribution in [0.1, 0.15) is 91.9 Å². The number of carbonyl (C=O) groups is 4. The van der Waals surface area contributed by atoms with E-state index in [-0.39, 0.29) is 51.3 Å². The Kier molecular flexibility index (Phi) is 7.48. The summed E-state index contributed by atoms with van der Waals surface area (Å²) in [6.45, 7) is 8.35. The van der Waals surface area contributed by atoms with Gasteiger partial charge in [-0.2, -0.15) is 0 Å². The van der Waals surface area contributed by atoms with Gasteiger partial charge in [-0.1, -0.05) is 45.0 Å². The van der Waals surface area contributed by atoms with Crippen LogP contribution < -0.4 is 0 Å². The second-order valence-corrected chi connectivity index (χ2v) is 12.8. The van der Waals surface area contributed by atoms with E-state index < -0.39 is 0 Å². The van der Waals surface area contributed by atoms with Gasteiger partial charge in [-0.15, -0.1) is 0 Å². The Hall–Kier alpha value is -1.43. The van der Waals surface area contributed by atoms with Crippen molar-refractivity contribution < 1.29 is 23.9 Å². The summed E-state index contributed by atoms with van der Waals surface area (Å²) in [5.74, 6) is 1.10. The molecule has 0 aliphatic heterocycles. The fraction of sp³-hybridized carbons (Fsp3) is 0.786. The molecule has 0 saturated heterocycles. The van der Waals surface area contributed by atoms with Crippen molar-refractivity contribution in [3.05, 3.63) is 11.6 Å². The van der Waals surface area contributed by atoms with Crippen molar-refractivity contribution in [2.45, 2.75) is 97.2 Å². The second kappa shape index (κ2) is 9.91. The summed E-state index contributed by atoms with van der Waals surface area (Å²) >= 11 is 1.49. The molecule has 6 heteroatoms. The highest BCUT2D eigenvalue weighted by Gasteiger charge is 2.62. The van der Waals surface area contributed by atoms with Crippen LogP contribution in [-0.4, -0.2) is 34.5 Å². The van der Waals surface area contributed by atoms with Crippen molar-refractivity contribution in [1.82, 2.24) is 0 Å². The van der Waals surface area contributed by atoms with Crippen LogP contribution in [0.4, 0.5) is 0 Å². The average Bonchev–Trinajstić information content (AvgIpc) is 3.15. The number of hydrogen-bond donors (Lipinski definition) is 0. The summed E-state index contributed by atoms with van der Waals surface area (Å²) in [6.07, 6.45) is 9.62. The van der Waals surface area contributed by atoms with Crippen molar-refractivity contribution in [2.75, 3.05) is 6.61 Å². The van der Waals surface area contributed by atoms with Gasteiger partial charge in [0, 0.05) is 30.4 Å². The van der Waals surface area contributed by atoms with Crippen LogP contribution in [0.5, 0.6) is 0 Å². The molecule has 3 saturated carbocycles. The molecule has 5 nitrogen and oxygen atoms in total. The van der Waals surface area contributed by atoms with Gasteiger partial charge in [0.25, 0.3) is 0 Å². The molecule has 3 fully saturated rings. The number of esters is 1. The molecule has 0 aromatic heterocycles. The smallest absolute Gasteiger partial charge is 0.306 e. The molecule has 0 N–H and O–H groups in total. The first kappa shape index (κ1) is 25.7. The van der Waals surface area contributed by atoms with Crippen molar-refractivity contribution >= 4 is 34.4 Å². The number of carbonyl (C=O) groups excluding carboxylic acids is 4. The number of ketones is 2. The molecule has 0 unspecified atom stereocenters. The van der Waals surface area contributed by atoms with Gasteiger partial charge in [0.05, 0.1) is 0 Å². The molecule has 0 aromatic carbocycles. The third kappa shape index (κ3) is 4.44. The van der Waals surface area contributed by atoms with Crippen LogP contribution in [-0.2, 0) is 23.9 Å². The molecule has 188 valence electrons. The lowest BCUT2D eigenvalue weighted by molar-refractivity contribution is -0.151. The molecule has 0 radical (unpaired) electrons. The molecule has 0 aromatic rings. The van der Waals surface area contributed by atoms with Gasteiger partial charge in [0.2, 0.25) is 0 Å². The minimum atomic E-state index is -0.292. The Bertz CT molecular complexity index is 893. The van der Waals surface area contributed by atoms with Crippen LogP contribution >= 0.6 is 11.8 Å². The van der Waals surface area contributed by atoms with Gasteiger partial charge in [0.1, 0.15) is 6.61 Å². The largest absolute Gasteiger partial charge is 0.458 e. The molecule has 34 heavy (non-hydrogen) atoms. The molecule has 7 atom stereocenters. The van der Waals surface area contributed by atoms with E-state index in [1.165, 1.54) is 17.3 Å². The Morgan fingerprint density at radius 1 is 1.09 bits per heavy atom. The first-order valence-electron chi connectivity index (χ1n) is 13.3. The summed E-state index contributed by atoms with van der Waals surface area (Å²) in [4.78, 5) is 49.9. The summed E-state index contributed by atoms with van der Waals surface area (Å²) in [6, 6.07) is 0. The maximum absolute atomic E-state index is 13.2. The first-order valence-corrected chi connectivity index (χ1v) is 14.1. The van der Waals surface area contributed by atoms with E-state index in [2.05, 4.69) is 13.8 Å². The van der Waals surface area contributed by atoms with Gasteiger partial charge >= 0.3 is 5.97 Å². The van der Waals surface area contributed by atoms with E-state index in [1.807, 2.05) is 19.9 Å². The van der Waals surface area contributed by atoms with Crippen LogP contribution in [0.25, 0.3) is 0 Å². The van der Waals surface area contributed by atoms with E-state index in [9.17, 15) is 19.2 Å². The van der Waals surface area contributed by atoms with Gasteiger partial charge in [-0.05, 0) is 79.6 Å². The Morgan fingerprint density at radius 2 is 1.85 bits per heavy atom. The normalized spacial score (nSPS) is 38.9. The highest BCUT2D eigenvalue weighted by Crippen LogP contribution is 2.68. The first-order chi connectivity index (χ1) is 16.1. The summed E-state index contributed by atoms with van der Waals surface area (Å²) < 4.78 is 5.30. The van der Waals surface area contributed by atoms with E-state index in [1.54, 1.807) is 0 Å². The van der Waals surface area contributed by atoms with E-state index in [4.69, 9.17) is 4.74 Å². The molecular formula is C28H40O5S. The van der Waals surface area contributed by atoms with Crippen LogP contribution in [0.3, 0.4) is 0 Å². The maximum Gasteiger partial charge on any atom is 0.306 e. The number of thioether (sulfide) groups is 1. The van der Waals surface area contributed by atoms with Crippen molar-refractivity contribution in [3.8, 4) is 0 Å². The van der Waals surface area contributed by atoms with Gasteiger partial charge in [-0.3, -0.25) is 19.2 Å². The summed E-state index contributed by atoms with van der Waals surface area (Å²) in [7, 11) is 0. The molecule has 0 bridgehead atoms. The zero-order valence-electron chi connectivity index (χ0n) is 21.2. The number of allylic oxidation sites excluding steroid dienone is 1. The van der Waals surface area contributed by atoms with Crippen molar-refractivity contribution in [1.29, 1.82) is 0 Å². The monoisotopic (exact) mass is 488 g/mol. The van der Waals surface area contributed by atoms with Crippen LogP contribution in [0.2, 0.25) is 0 Å². The SMILES string of the molecule is CCCC(=O)OCC(=O)[C@H]1CC[C@H]2[C@@H]3[C@H](SC(=O)CC)CC4=CC(=O)CC[C@]4(C)[C@H]3CC[C@]12C. The zero-order valence-corrected chi connectivity index (χ0v) is 22.0. The third-order valence-corrected chi connectivity index (χ3v) is 11.1. The summed E-state index contributed by atoms with van der Waals surface area (Å²) in [5.41, 5.74) is 1.15. The average molecular weight is 489 g/mol. The highest BCUT2D eigenvalue weighted by atomic mass is 32.2. The van der Waals surface area contributed by atoms with E-state index in [0.29, 0.717) is 37.0 Å². The molecule has 0 heterocycles. The quantitative estimate of drug-likeness (QED) is 0.428. The minimum absolute atomic E-state index is 0.0179. The number of Topliss-reactive ketones (excluding diaryl/α,β-unsaturated/α-hetero) is 1. The fourth-order valence-corrected chi connectivity index (χ4v) is 9.23. The van der Waals surface area contributed by atoms with Gasteiger partial charge in [-0.25, -0.2) is 0 Å². The molecule has 0 amide bonds. The van der Waals surface area contributed by atoms with Gasteiger partial charge in [0.15, 0.2) is 16.7 Å². The topological polar surface area (TPSA) is 77.5 Å². The fourth-order valence-electron chi connectivity index (χ4n) is 7.93. The van der Waals surface area contributed by atoms with Crippen LogP contribution in [0.15, 0.2) is 11.6 Å². The van der Waals surface area contributed by atoms with E-state index >= 15 is 0 Å².